The number of thiol groups is 1. The van der Waals surface area contributed by atoms with Gasteiger partial charge in [-0.05, 0) is 12.1 Å². The Balaban J connectivity index is 3.25. The summed E-state index contributed by atoms with van der Waals surface area (Å²) in [5, 5.41) is 8.78. The first kappa shape index (κ1) is 6.42. The molecule has 9 heavy (non-hydrogen) atoms. The molecule has 0 aliphatic heterocycles. The summed E-state index contributed by atoms with van der Waals surface area (Å²) in [4.78, 5) is -0.00231. The Labute approximate surface area is 57.5 Å². The first-order chi connectivity index (χ1) is 4.22. The molecule has 0 aliphatic carbocycles. The normalized spacial score (nSPS) is 9.56. The molecule has 0 saturated heterocycles. The summed E-state index contributed by atoms with van der Waals surface area (Å²) in [5.74, 6) is -0.628. The molecule has 48 valence electrons. The number of rotatable bonds is 0. The Morgan fingerprint density at radius 1 is 1.44 bits per heavy atom. The van der Waals surface area contributed by atoms with Gasteiger partial charge in [0.25, 0.3) is 0 Å². The van der Waals surface area contributed by atoms with Crippen molar-refractivity contribution in [2.45, 2.75) is 4.90 Å². The minimum Gasteiger partial charge on any atom is -0.507 e. The summed E-state index contributed by atoms with van der Waals surface area (Å²) in [5.41, 5.74) is 0. The largest absolute Gasteiger partial charge is 0.507 e. The number of phenolic OH excluding ortho intramolecular Hbond substituents is 1. The molecule has 0 spiro atoms. The molecule has 3 heteroatoms. The summed E-state index contributed by atoms with van der Waals surface area (Å²) < 4.78 is 12.3. The van der Waals surface area contributed by atoms with E-state index in [1.165, 1.54) is 18.2 Å². The second kappa shape index (κ2) is 2.27. The van der Waals surface area contributed by atoms with Gasteiger partial charge in [-0.1, -0.05) is 6.07 Å². The van der Waals surface area contributed by atoms with E-state index in [0.717, 1.165) is 0 Å². The van der Waals surface area contributed by atoms with Gasteiger partial charge >= 0.3 is 0 Å². The Morgan fingerprint density at radius 3 is 2.56 bits per heavy atom. The van der Waals surface area contributed by atoms with Gasteiger partial charge in [0.2, 0.25) is 0 Å². The lowest BCUT2D eigenvalue weighted by Crippen LogP contribution is -1.75. The smallest absolute Gasteiger partial charge is 0.140 e. The van der Waals surface area contributed by atoms with Crippen LogP contribution in [0, 0.1) is 5.82 Å². The SMILES string of the molecule is Oc1cccc(F)c1S. The van der Waals surface area contributed by atoms with Crippen molar-refractivity contribution < 1.29 is 9.50 Å². The molecule has 1 N–H and O–H groups in total. The molecule has 1 aromatic carbocycles. The molecular weight excluding hydrogens is 139 g/mol. The standard InChI is InChI=1S/C6H5FOS/c7-4-2-1-3-5(8)6(4)9/h1-3,8-9H. The van der Waals surface area contributed by atoms with Gasteiger partial charge in [0, 0.05) is 0 Å². The monoisotopic (exact) mass is 144 g/mol. The average Bonchev–Trinajstić information content (AvgIpc) is 1.83. The van der Waals surface area contributed by atoms with Crippen molar-refractivity contribution in [3.63, 3.8) is 0 Å². The lowest BCUT2D eigenvalue weighted by molar-refractivity contribution is 0.450. The third-order valence-electron chi connectivity index (χ3n) is 0.965. The third-order valence-corrected chi connectivity index (χ3v) is 1.41. The molecule has 1 aromatic rings. The van der Waals surface area contributed by atoms with Crippen LogP contribution in [0.25, 0.3) is 0 Å². The maximum absolute atomic E-state index is 12.3. The summed E-state index contributed by atoms with van der Waals surface area (Å²) in [6.45, 7) is 0. The van der Waals surface area contributed by atoms with Gasteiger partial charge in [0.15, 0.2) is 0 Å². The number of hydrogen-bond acceptors (Lipinski definition) is 2. The minimum absolute atomic E-state index is 0.00231. The molecule has 0 aromatic heterocycles. The van der Waals surface area contributed by atoms with Crippen molar-refractivity contribution in [1.29, 1.82) is 0 Å². The van der Waals surface area contributed by atoms with Crippen LogP contribution in [-0.2, 0) is 0 Å². The van der Waals surface area contributed by atoms with Crippen molar-refractivity contribution in [2.24, 2.45) is 0 Å². The average molecular weight is 144 g/mol. The van der Waals surface area contributed by atoms with Crippen molar-refractivity contribution in [2.75, 3.05) is 0 Å². The van der Waals surface area contributed by atoms with Gasteiger partial charge in [-0.25, -0.2) is 4.39 Å². The van der Waals surface area contributed by atoms with Crippen LogP contribution in [0.1, 0.15) is 0 Å². The van der Waals surface area contributed by atoms with Gasteiger partial charge in [-0.3, -0.25) is 0 Å². The van der Waals surface area contributed by atoms with Gasteiger partial charge in [0.1, 0.15) is 11.6 Å². The first-order valence-corrected chi connectivity index (χ1v) is 2.83. The van der Waals surface area contributed by atoms with Crippen LogP contribution in [0.15, 0.2) is 23.1 Å². The fourth-order valence-corrected chi connectivity index (χ4v) is 0.653. The molecule has 0 aliphatic rings. The van der Waals surface area contributed by atoms with Crippen LogP contribution in [-0.4, -0.2) is 5.11 Å². The zero-order chi connectivity index (χ0) is 6.85. The van der Waals surface area contributed by atoms with Crippen LogP contribution in [0.4, 0.5) is 4.39 Å². The number of phenols is 1. The first-order valence-electron chi connectivity index (χ1n) is 2.38. The van der Waals surface area contributed by atoms with Crippen LogP contribution in [0.2, 0.25) is 0 Å². The van der Waals surface area contributed by atoms with Gasteiger partial charge in [0.05, 0.1) is 4.90 Å². The predicted molar refractivity (Wildman–Crippen MR) is 35.3 cm³/mol. The van der Waals surface area contributed by atoms with Crippen LogP contribution in [0.5, 0.6) is 5.75 Å². The molecule has 0 bridgehead atoms. The van der Waals surface area contributed by atoms with E-state index in [0.29, 0.717) is 0 Å². The maximum atomic E-state index is 12.3. The molecule has 0 saturated carbocycles. The second-order valence-electron chi connectivity index (χ2n) is 1.61. The third kappa shape index (κ3) is 1.16. The molecule has 0 unspecified atom stereocenters. The van der Waals surface area contributed by atoms with E-state index in [1.54, 1.807) is 0 Å². The zero-order valence-corrected chi connectivity index (χ0v) is 5.40. The molecular formula is C6H5FOS. The van der Waals surface area contributed by atoms with Crippen LogP contribution >= 0.6 is 12.6 Å². The molecule has 1 nitrogen and oxygen atoms in total. The van der Waals surface area contributed by atoms with Crippen molar-refractivity contribution in [1.82, 2.24) is 0 Å². The van der Waals surface area contributed by atoms with E-state index >= 15 is 0 Å². The van der Waals surface area contributed by atoms with E-state index in [2.05, 4.69) is 12.6 Å². The summed E-state index contributed by atoms with van der Waals surface area (Å²) in [7, 11) is 0. The lowest BCUT2D eigenvalue weighted by Gasteiger charge is -1.95. The van der Waals surface area contributed by atoms with E-state index in [9.17, 15) is 4.39 Å². The van der Waals surface area contributed by atoms with Gasteiger partial charge in [-0.2, -0.15) is 0 Å². The summed E-state index contributed by atoms with van der Waals surface area (Å²) in [6, 6.07) is 4.04. The van der Waals surface area contributed by atoms with Gasteiger partial charge < -0.3 is 5.11 Å². The van der Waals surface area contributed by atoms with Crippen molar-refractivity contribution >= 4 is 12.6 Å². The quantitative estimate of drug-likeness (QED) is 0.532. The van der Waals surface area contributed by atoms with E-state index < -0.39 is 5.82 Å². The minimum atomic E-state index is -0.502. The number of halogens is 1. The fourth-order valence-electron chi connectivity index (χ4n) is 0.504. The Kier molecular flexibility index (Phi) is 1.62. The maximum Gasteiger partial charge on any atom is 0.140 e. The predicted octanol–water partition coefficient (Wildman–Crippen LogP) is 1.82. The van der Waals surface area contributed by atoms with Crippen LogP contribution in [0.3, 0.4) is 0 Å². The second-order valence-corrected chi connectivity index (χ2v) is 2.05. The fraction of sp³-hybridized carbons (Fsp3) is 0. The molecule has 0 fully saturated rings. The van der Waals surface area contributed by atoms with E-state index in [4.69, 9.17) is 5.11 Å². The number of aromatic hydroxyl groups is 1. The zero-order valence-electron chi connectivity index (χ0n) is 4.50. The van der Waals surface area contributed by atoms with Crippen molar-refractivity contribution in [3.8, 4) is 5.75 Å². The topological polar surface area (TPSA) is 20.2 Å². The summed E-state index contributed by atoms with van der Waals surface area (Å²) in [6.07, 6.45) is 0. The Bertz CT molecular complexity index is 204. The van der Waals surface area contributed by atoms with E-state index in [-0.39, 0.29) is 10.6 Å². The number of hydrogen-bond donors (Lipinski definition) is 2. The van der Waals surface area contributed by atoms with Crippen molar-refractivity contribution in [3.05, 3.63) is 24.0 Å². The highest BCUT2D eigenvalue weighted by molar-refractivity contribution is 7.80. The molecule has 0 radical (unpaired) electrons. The number of benzene rings is 1. The molecule has 0 atom stereocenters. The van der Waals surface area contributed by atoms with Crippen LogP contribution < -0.4 is 0 Å². The van der Waals surface area contributed by atoms with Gasteiger partial charge in [-0.15, -0.1) is 12.6 Å². The highest BCUT2D eigenvalue weighted by Crippen LogP contribution is 2.22. The lowest BCUT2D eigenvalue weighted by atomic mass is 10.3. The Hall–Kier alpha value is -0.700. The molecule has 0 amide bonds. The molecule has 1 rings (SSSR count). The highest BCUT2D eigenvalue weighted by atomic mass is 32.1. The van der Waals surface area contributed by atoms with E-state index in [1.807, 2.05) is 0 Å². The molecule has 0 heterocycles. The highest BCUT2D eigenvalue weighted by Gasteiger charge is 1.99. The Morgan fingerprint density at radius 2 is 2.11 bits per heavy atom. The summed E-state index contributed by atoms with van der Waals surface area (Å²) >= 11 is 3.69.